The van der Waals surface area contributed by atoms with Crippen LogP contribution in [-0.4, -0.2) is 55.7 Å². The molecule has 59 heavy (non-hydrogen) atoms. The molecule has 0 spiro atoms. The Morgan fingerprint density at radius 1 is 0.627 bits per heavy atom. The molecule has 0 saturated heterocycles. The number of carboxylic acid groups (broad SMARTS) is 1. The Kier molecular flexibility index (Phi) is 12.8. The number of carboxylic acids is 1. The number of hydrogen-bond acceptors (Lipinski definition) is 9. The van der Waals surface area contributed by atoms with E-state index >= 15 is 0 Å². The second kappa shape index (κ2) is 17.7. The van der Waals surface area contributed by atoms with Gasteiger partial charge in [0.25, 0.3) is 11.8 Å². The first kappa shape index (κ1) is 42.6. The third-order valence-corrected chi connectivity index (χ3v) is 9.81. The zero-order chi connectivity index (χ0) is 43.2. The lowest BCUT2D eigenvalue weighted by molar-refractivity contribution is -0.123. The van der Waals surface area contributed by atoms with E-state index in [0.717, 1.165) is 17.2 Å². The van der Waals surface area contributed by atoms with Crippen molar-refractivity contribution in [3.05, 3.63) is 147 Å². The fourth-order valence-electron chi connectivity index (χ4n) is 6.03. The van der Waals surface area contributed by atoms with Crippen LogP contribution in [0.15, 0.2) is 103 Å². The Balaban J connectivity index is 1.14. The Morgan fingerprint density at radius 2 is 1.15 bits per heavy atom. The lowest BCUT2D eigenvalue weighted by Crippen LogP contribution is -2.33. The molecule has 0 saturated carbocycles. The number of carbonyl (C=O) groups excluding carboxylic acids is 5. The molecule has 0 aliphatic carbocycles. The molecule has 0 radical (unpaired) electrons. The van der Waals surface area contributed by atoms with E-state index in [9.17, 15) is 49.2 Å². The van der Waals surface area contributed by atoms with E-state index in [1.54, 1.807) is 75.4 Å². The summed E-state index contributed by atoms with van der Waals surface area (Å²) in [7, 11) is 0. The van der Waals surface area contributed by atoms with E-state index in [-0.39, 0.29) is 69.3 Å². The maximum atomic E-state index is 13.3. The molecule has 7 N–H and O–H groups in total. The molecule has 5 aromatic rings. The highest BCUT2D eigenvalue weighted by molar-refractivity contribution is 6.09. The maximum absolute atomic E-state index is 13.3. The average Bonchev–Trinajstić information content (AvgIpc) is 3.19. The van der Waals surface area contributed by atoms with Crippen LogP contribution in [0.5, 0.6) is 17.2 Å². The molecule has 0 bridgehead atoms. The van der Waals surface area contributed by atoms with Crippen molar-refractivity contribution in [2.75, 3.05) is 16.0 Å². The van der Waals surface area contributed by atoms with Gasteiger partial charge < -0.3 is 36.4 Å². The first-order chi connectivity index (χ1) is 27.8. The highest BCUT2D eigenvalue weighted by atomic mass is 16.4. The molecule has 5 aromatic carbocycles. The molecule has 0 atom stereocenters. The lowest BCUT2D eigenvalue weighted by atomic mass is 9.84. The largest absolute Gasteiger partial charge is 0.508 e. The summed E-state index contributed by atoms with van der Waals surface area (Å²) >= 11 is 0. The predicted molar refractivity (Wildman–Crippen MR) is 223 cm³/mol. The van der Waals surface area contributed by atoms with Gasteiger partial charge in [-0.15, -0.1) is 0 Å². The number of nitrogens with one attached hydrogen (secondary N) is 3. The smallest absolute Gasteiger partial charge is 0.339 e. The van der Waals surface area contributed by atoms with Crippen LogP contribution >= 0.6 is 0 Å². The van der Waals surface area contributed by atoms with Crippen LogP contribution in [0.3, 0.4) is 0 Å². The highest BCUT2D eigenvalue weighted by Crippen LogP contribution is 2.33. The zero-order valence-electron chi connectivity index (χ0n) is 33.0. The number of benzene rings is 5. The summed E-state index contributed by atoms with van der Waals surface area (Å²) in [5.74, 6) is -4.12. The third kappa shape index (κ3) is 10.3. The summed E-state index contributed by atoms with van der Waals surface area (Å²) in [6, 6.07) is 24.5. The van der Waals surface area contributed by atoms with E-state index in [2.05, 4.69) is 16.0 Å². The van der Waals surface area contributed by atoms with Crippen molar-refractivity contribution in [2.24, 2.45) is 5.41 Å². The van der Waals surface area contributed by atoms with Gasteiger partial charge in [-0.25, -0.2) is 4.79 Å². The molecule has 13 heteroatoms. The van der Waals surface area contributed by atoms with Gasteiger partial charge in [0.1, 0.15) is 22.8 Å². The minimum Gasteiger partial charge on any atom is -0.508 e. The standard InChI is InChI=1S/C46H43N3O10/c1-25(22-28-8-16-33(50)17-9-28)38(51)23-29-6-10-30(11-7-29)39(52)24-46(4,5)45(59)47-32-14-12-31(13-15-32)42(55)48-36-20-18-34(40(53)26(36)2)43(56)49-37-21-19-35(44(57)58)41(54)27(37)3/h6-22,50,53-54H,23-24H2,1-5H3,(H,47,59)(H,48,55)(H,49,56)(H,57,58)/b25-22+. The van der Waals surface area contributed by atoms with E-state index in [1.807, 2.05) is 0 Å². The number of Topliss-reactive ketones (excluding diaryl/α,β-unsaturated/α-hetero) is 2. The number of anilines is 3. The van der Waals surface area contributed by atoms with Crippen molar-refractivity contribution in [1.82, 2.24) is 0 Å². The summed E-state index contributed by atoms with van der Waals surface area (Å²) in [4.78, 5) is 76.7. The number of allylic oxidation sites excluding steroid dienone is 1. The van der Waals surface area contributed by atoms with E-state index in [1.165, 1.54) is 56.3 Å². The van der Waals surface area contributed by atoms with Crippen molar-refractivity contribution >= 4 is 58.4 Å². The molecule has 0 fully saturated rings. The summed E-state index contributed by atoms with van der Waals surface area (Å²) in [5, 5.41) is 47.7. The van der Waals surface area contributed by atoms with Crippen molar-refractivity contribution in [2.45, 2.75) is 47.5 Å². The lowest BCUT2D eigenvalue weighted by Gasteiger charge is -2.23. The maximum Gasteiger partial charge on any atom is 0.339 e. The molecule has 0 unspecified atom stereocenters. The van der Waals surface area contributed by atoms with Crippen LogP contribution < -0.4 is 16.0 Å². The molecular formula is C46H43N3O10. The van der Waals surface area contributed by atoms with Crippen molar-refractivity contribution in [3.8, 4) is 17.2 Å². The van der Waals surface area contributed by atoms with Crippen LogP contribution in [-0.2, 0) is 16.0 Å². The van der Waals surface area contributed by atoms with E-state index < -0.39 is 40.6 Å². The number of carbonyl (C=O) groups is 6. The minimum atomic E-state index is -1.33. The van der Waals surface area contributed by atoms with Gasteiger partial charge in [-0.3, -0.25) is 24.0 Å². The van der Waals surface area contributed by atoms with Crippen molar-refractivity contribution in [1.29, 1.82) is 0 Å². The normalized spacial score (nSPS) is 11.4. The summed E-state index contributed by atoms with van der Waals surface area (Å²) in [6.07, 6.45) is 1.79. The van der Waals surface area contributed by atoms with Gasteiger partial charge in [-0.1, -0.05) is 50.2 Å². The highest BCUT2D eigenvalue weighted by Gasteiger charge is 2.31. The number of rotatable bonds is 14. The first-order valence-corrected chi connectivity index (χ1v) is 18.4. The monoisotopic (exact) mass is 797 g/mol. The van der Waals surface area contributed by atoms with Crippen LogP contribution in [0, 0.1) is 19.3 Å². The van der Waals surface area contributed by atoms with Crippen LogP contribution in [0.1, 0.15) is 90.9 Å². The molecule has 0 aromatic heterocycles. The van der Waals surface area contributed by atoms with Gasteiger partial charge in [0.15, 0.2) is 11.6 Å². The van der Waals surface area contributed by atoms with E-state index in [0.29, 0.717) is 16.8 Å². The number of aromatic hydroxyl groups is 3. The Labute approximate surface area is 340 Å². The minimum absolute atomic E-state index is 0.0852. The summed E-state index contributed by atoms with van der Waals surface area (Å²) < 4.78 is 0. The SMILES string of the molecule is C/C(=C\c1ccc(O)cc1)C(=O)Cc1ccc(C(=O)CC(C)(C)C(=O)Nc2ccc(C(=O)Nc3ccc(C(=O)Nc4ccc(C(=O)O)c(O)c4C)c(O)c3C)cc2)cc1. The molecule has 5 rings (SSSR count). The molecule has 0 heterocycles. The van der Waals surface area contributed by atoms with Gasteiger partial charge in [0, 0.05) is 52.2 Å². The fraction of sp³-hybridized carbons (Fsp3) is 0.174. The van der Waals surface area contributed by atoms with Crippen LogP contribution in [0.25, 0.3) is 6.08 Å². The van der Waals surface area contributed by atoms with Crippen molar-refractivity contribution < 1.29 is 49.2 Å². The quantitative estimate of drug-likeness (QED) is 0.0423. The van der Waals surface area contributed by atoms with Crippen molar-refractivity contribution in [3.63, 3.8) is 0 Å². The van der Waals surface area contributed by atoms with Gasteiger partial charge in [-0.05, 0) is 104 Å². The van der Waals surface area contributed by atoms with Gasteiger partial charge in [0.2, 0.25) is 5.91 Å². The topological polar surface area (TPSA) is 219 Å². The Morgan fingerprint density at radius 3 is 1.73 bits per heavy atom. The molecule has 13 nitrogen and oxygen atoms in total. The Hall–Kier alpha value is -7.54. The number of phenolic OH excluding ortho intramolecular Hbond substituents is 2. The number of ketones is 2. The third-order valence-electron chi connectivity index (χ3n) is 9.81. The first-order valence-electron chi connectivity index (χ1n) is 18.4. The number of phenols is 3. The average molecular weight is 798 g/mol. The summed E-state index contributed by atoms with van der Waals surface area (Å²) in [5.41, 5.74) is 2.22. The Bertz CT molecular complexity index is 2500. The molecular weight excluding hydrogens is 755 g/mol. The molecule has 0 aliphatic heterocycles. The van der Waals surface area contributed by atoms with Crippen LogP contribution in [0.4, 0.5) is 17.1 Å². The predicted octanol–water partition coefficient (Wildman–Crippen LogP) is 8.08. The second-order valence-corrected chi connectivity index (χ2v) is 14.7. The fourth-order valence-corrected chi connectivity index (χ4v) is 6.03. The second-order valence-electron chi connectivity index (χ2n) is 14.7. The molecule has 3 amide bonds. The van der Waals surface area contributed by atoms with E-state index in [4.69, 9.17) is 0 Å². The van der Waals surface area contributed by atoms with Gasteiger partial charge >= 0.3 is 5.97 Å². The molecule has 0 aliphatic rings. The number of aromatic carboxylic acids is 1. The number of hydrogen-bond donors (Lipinski definition) is 7. The number of amides is 3. The van der Waals surface area contributed by atoms with Gasteiger partial charge in [-0.2, -0.15) is 0 Å². The zero-order valence-corrected chi connectivity index (χ0v) is 33.0. The summed E-state index contributed by atoms with van der Waals surface area (Å²) in [6.45, 7) is 7.96. The van der Waals surface area contributed by atoms with Crippen LogP contribution in [0.2, 0.25) is 0 Å². The molecule has 302 valence electrons. The van der Waals surface area contributed by atoms with Gasteiger partial charge in [0.05, 0.1) is 11.0 Å².